The minimum absolute atomic E-state index is 0.0215. The number of carbonyl (C=O) groups is 1. The predicted molar refractivity (Wildman–Crippen MR) is 112 cm³/mol. The number of benzene rings is 4. The summed E-state index contributed by atoms with van der Waals surface area (Å²) >= 11 is 0. The van der Waals surface area contributed by atoms with Crippen molar-refractivity contribution in [3.63, 3.8) is 0 Å². The van der Waals surface area contributed by atoms with Crippen molar-refractivity contribution < 1.29 is 9.90 Å². The van der Waals surface area contributed by atoms with Crippen LogP contribution in [0.25, 0.3) is 11.1 Å². The molecule has 134 valence electrons. The summed E-state index contributed by atoms with van der Waals surface area (Å²) in [6.45, 7) is 0. The van der Waals surface area contributed by atoms with Crippen LogP contribution in [0.5, 0.6) is 5.75 Å². The lowest BCUT2D eigenvalue weighted by Crippen LogP contribution is -2.06. The first-order chi connectivity index (χ1) is 13.7. The minimum Gasteiger partial charge on any atom is -0.503 e. The van der Waals surface area contributed by atoms with Gasteiger partial charge in [-0.3, -0.25) is 4.79 Å². The quantitative estimate of drug-likeness (QED) is 0.407. The lowest BCUT2D eigenvalue weighted by molar-refractivity contribution is 0.104. The monoisotopic (exact) mass is 381 g/mol. The van der Waals surface area contributed by atoms with Gasteiger partial charge in [0.2, 0.25) is 4.90 Å². The van der Waals surface area contributed by atoms with Crippen molar-refractivity contribution in [3.8, 4) is 16.9 Å². The van der Waals surface area contributed by atoms with E-state index < -0.39 is 10.9 Å². The zero-order valence-corrected chi connectivity index (χ0v) is 15.8. The minimum atomic E-state index is -0.468. The second kappa shape index (κ2) is 6.70. The van der Waals surface area contributed by atoms with E-state index in [0.717, 1.165) is 25.8 Å². The summed E-state index contributed by atoms with van der Waals surface area (Å²) in [6.07, 6.45) is 0. The van der Waals surface area contributed by atoms with Crippen LogP contribution < -0.4 is 0 Å². The molecule has 1 aliphatic rings. The Morgan fingerprint density at radius 1 is 0.571 bits per heavy atom. The molecule has 0 bridgehead atoms. The number of fused-ring (bicyclic) bond motifs is 3. The number of ketones is 1. The van der Waals surface area contributed by atoms with Gasteiger partial charge in [0.1, 0.15) is 10.9 Å². The smallest absolute Gasteiger partial charge is 0.208 e. The fraction of sp³-hybridized carbons (Fsp3) is 0. The summed E-state index contributed by atoms with van der Waals surface area (Å²) in [5, 5.41) is 10.9. The van der Waals surface area contributed by atoms with Crippen molar-refractivity contribution in [2.45, 2.75) is 14.7 Å². The van der Waals surface area contributed by atoms with Gasteiger partial charge in [0.05, 0.1) is 0 Å². The van der Waals surface area contributed by atoms with Crippen molar-refractivity contribution in [1.82, 2.24) is 0 Å². The van der Waals surface area contributed by atoms with Crippen LogP contribution in [0.1, 0.15) is 15.9 Å². The molecule has 5 rings (SSSR count). The van der Waals surface area contributed by atoms with E-state index in [4.69, 9.17) is 0 Å². The number of hydrogen-bond acceptors (Lipinski definition) is 2. The Morgan fingerprint density at radius 2 is 1.11 bits per heavy atom. The lowest BCUT2D eigenvalue weighted by atomic mass is 10.1. The maximum atomic E-state index is 12.8. The molecule has 0 saturated heterocycles. The Labute approximate surface area is 166 Å². The van der Waals surface area contributed by atoms with E-state index in [1.807, 2.05) is 66.7 Å². The zero-order chi connectivity index (χ0) is 19.1. The first kappa shape index (κ1) is 16.8. The number of carbonyl (C=O) groups excluding carboxylic acids is 1. The van der Waals surface area contributed by atoms with Crippen LogP contribution in [-0.2, 0) is 10.9 Å². The van der Waals surface area contributed by atoms with Gasteiger partial charge in [0.15, 0.2) is 21.3 Å². The SMILES string of the molecule is O=C1c2ccccc2-c2cc([S+](c3ccccc3)c3ccccc3)c(O)cc21. The molecule has 1 aliphatic carbocycles. The van der Waals surface area contributed by atoms with E-state index in [9.17, 15) is 9.90 Å². The Bertz CT molecular complexity index is 1140. The normalized spacial score (nSPS) is 12.1. The highest BCUT2D eigenvalue weighted by molar-refractivity contribution is 7.97. The molecule has 0 unspecified atom stereocenters. The van der Waals surface area contributed by atoms with Crippen molar-refractivity contribution in [2.75, 3.05) is 0 Å². The summed E-state index contributed by atoms with van der Waals surface area (Å²) in [5.41, 5.74) is 3.12. The number of phenolic OH excluding ortho intramolecular Hbond substituents is 1. The van der Waals surface area contributed by atoms with Gasteiger partial charge >= 0.3 is 0 Å². The number of aromatic hydroxyl groups is 1. The summed E-state index contributed by atoms with van der Waals surface area (Å²) in [4.78, 5) is 15.8. The average Bonchev–Trinajstić information content (AvgIpc) is 3.02. The molecule has 0 amide bonds. The standard InChI is InChI=1S/C25H16O2S/c26-23-15-22-21(19-13-7-8-14-20(19)25(22)27)16-24(23)28(17-9-3-1-4-10-17)18-11-5-2-6-12-18/h1-16H/p+1. The Kier molecular flexibility index (Phi) is 4.03. The Hall–Kier alpha value is -3.30. The van der Waals surface area contributed by atoms with Crippen LogP contribution in [0.2, 0.25) is 0 Å². The van der Waals surface area contributed by atoms with Crippen molar-refractivity contribution >= 4 is 16.7 Å². The Morgan fingerprint density at radius 3 is 1.71 bits per heavy atom. The highest BCUT2D eigenvalue weighted by Gasteiger charge is 2.35. The van der Waals surface area contributed by atoms with Crippen molar-refractivity contribution in [3.05, 3.63) is 108 Å². The van der Waals surface area contributed by atoms with E-state index in [2.05, 4.69) is 24.3 Å². The molecule has 2 nitrogen and oxygen atoms in total. The molecule has 0 heterocycles. The molecule has 4 aromatic carbocycles. The maximum Gasteiger partial charge on any atom is 0.208 e. The van der Waals surface area contributed by atoms with Crippen LogP contribution in [0.15, 0.2) is 112 Å². The van der Waals surface area contributed by atoms with E-state index in [-0.39, 0.29) is 11.5 Å². The molecule has 1 N–H and O–H groups in total. The molecule has 0 aliphatic heterocycles. The third-order valence-electron chi connectivity index (χ3n) is 4.98. The highest BCUT2D eigenvalue weighted by Crippen LogP contribution is 2.44. The topological polar surface area (TPSA) is 37.3 Å². The van der Waals surface area contributed by atoms with Gasteiger partial charge in [-0.1, -0.05) is 60.7 Å². The van der Waals surface area contributed by atoms with Crippen LogP contribution in [0.3, 0.4) is 0 Å². The Balaban J connectivity index is 1.75. The van der Waals surface area contributed by atoms with Gasteiger partial charge in [-0.2, -0.15) is 0 Å². The van der Waals surface area contributed by atoms with Gasteiger partial charge in [0.25, 0.3) is 0 Å². The fourth-order valence-corrected chi connectivity index (χ4v) is 5.85. The summed E-state index contributed by atoms with van der Waals surface area (Å²) in [5.74, 6) is 0.141. The molecule has 0 saturated carbocycles. The van der Waals surface area contributed by atoms with E-state index >= 15 is 0 Å². The first-order valence-corrected chi connectivity index (χ1v) is 10.3. The summed E-state index contributed by atoms with van der Waals surface area (Å²) in [7, 11) is -0.468. The second-order valence-electron chi connectivity index (χ2n) is 6.67. The molecule has 0 radical (unpaired) electrons. The molecule has 3 heteroatoms. The second-order valence-corrected chi connectivity index (χ2v) is 8.67. The van der Waals surface area contributed by atoms with Crippen LogP contribution in [-0.4, -0.2) is 10.9 Å². The highest BCUT2D eigenvalue weighted by atomic mass is 32.2. The molecular weight excluding hydrogens is 364 g/mol. The predicted octanol–water partition coefficient (Wildman–Crippen LogP) is 5.70. The average molecular weight is 381 g/mol. The van der Waals surface area contributed by atoms with Gasteiger partial charge in [0, 0.05) is 17.2 Å². The largest absolute Gasteiger partial charge is 0.503 e. The van der Waals surface area contributed by atoms with Gasteiger partial charge < -0.3 is 5.11 Å². The fourth-order valence-electron chi connectivity index (χ4n) is 3.71. The van der Waals surface area contributed by atoms with Crippen molar-refractivity contribution in [2.24, 2.45) is 0 Å². The van der Waals surface area contributed by atoms with Crippen LogP contribution >= 0.6 is 0 Å². The molecule has 0 fully saturated rings. The summed E-state index contributed by atoms with van der Waals surface area (Å²) < 4.78 is 0. The third-order valence-corrected chi connectivity index (χ3v) is 7.24. The first-order valence-electron chi connectivity index (χ1n) is 9.09. The third kappa shape index (κ3) is 2.63. The van der Waals surface area contributed by atoms with Gasteiger partial charge in [-0.15, -0.1) is 0 Å². The molecular formula is C25H17O2S+. The van der Waals surface area contributed by atoms with Crippen LogP contribution in [0.4, 0.5) is 0 Å². The van der Waals surface area contributed by atoms with Crippen LogP contribution in [0, 0.1) is 0 Å². The zero-order valence-electron chi connectivity index (χ0n) is 15.0. The van der Waals surface area contributed by atoms with Crippen molar-refractivity contribution in [1.29, 1.82) is 0 Å². The van der Waals surface area contributed by atoms with Gasteiger partial charge in [-0.25, -0.2) is 0 Å². The summed E-state index contributed by atoms with van der Waals surface area (Å²) in [6, 6.07) is 31.7. The van der Waals surface area contributed by atoms with E-state index in [0.29, 0.717) is 11.1 Å². The number of hydrogen-bond donors (Lipinski definition) is 1. The van der Waals surface area contributed by atoms with E-state index in [1.54, 1.807) is 6.07 Å². The number of phenols is 1. The molecule has 0 atom stereocenters. The van der Waals surface area contributed by atoms with E-state index in [1.165, 1.54) is 0 Å². The van der Waals surface area contributed by atoms with Gasteiger partial charge in [-0.05, 0) is 41.5 Å². The maximum absolute atomic E-state index is 12.8. The molecule has 0 aromatic heterocycles. The molecule has 0 spiro atoms. The molecule has 4 aromatic rings. The lowest BCUT2D eigenvalue weighted by Gasteiger charge is -2.11. The molecule has 28 heavy (non-hydrogen) atoms. The number of rotatable bonds is 3.